The molecule has 0 aliphatic rings. The first-order valence-electron chi connectivity index (χ1n) is 14.2. The lowest BCUT2D eigenvalue weighted by molar-refractivity contribution is -0.274. The van der Waals surface area contributed by atoms with Crippen LogP contribution in [-0.4, -0.2) is 65.2 Å². The molecular weight excluding hydrogens is 629 g/mol. The van der Waals surface area contributed by atoms with Crippen molar-refractivity contribution in [3.8, 4) is 5.75 Å². The number of imidazole rings is 1. The number of aliphatic hydroxyl groups is 1. The molecule has 0 spiro atoms. The van der Waals surface area contributed by atoms with Gasteiger partial charge in [0.1, 0.15) is 28.9 Å². The van der Waals surface area contributed by atoms with Crippen LogP contribution in [0.15, 0.2) is 48.9 Å². The molecule has 246 valence electrons. The lowest BCUT2D eigenvalue weighted by Gasteiger charge is -2.19. The number of rotatable bonds is 13. The minimum atomic E-state index is -4.80. The maximum atomic E-state index is 12.4. The first kappa shape index (κ1) is 34.2. The van der Waals surface area contributed by atoms with Gasteiger partial charge >= 0.3 is 12.5 Å². The van der Waals surface area contributed by atoms with Crippen molar-refractivity contribution in [2.24, 2.45) is 0 Å². The highest BCUT2D eigenvalue weighted by atomic mass is 32.1. The highest BCUT2D eigenvalue weighted by Crippen LogP contribution is 2.24. The second kappa shape index (κ2) is 15.1. The SMILES string of the molecule is CC(C)(C)OC(=O)n1cnc(CC(=O)Nc2nnc(CCCCc3ccc(NC(O)Cc4cccc(OC(F)(F)F)c4)nn3)s2)c1. The largest absolute Gasteiger partial charge is 0.573 e. The zero-order valence-electron chi connectivity index (χ0n) is 25.2. The molecule has 0 bridgehead atoms. The van der Waals surface area contributed by atoms with Crippen LogP contribution in [0.5, 0.6) is 5.75 Å². The number of nitrogens with one attached hydrogen (secondary N) is 2. The third-order valence-electron chi connectivity index (χ3n) is 5.96. The summed E-state index contributed by atoms with van der Waals surface area (Å²) in [6, 6.07) is 8.82. The molecule has 4 aromatic rings. The Morgan fingerprint density at radius 1 is 1.02 bits per heavy atom. The van der Waals surface area contributed by atoms with E-state index in [1.807, 2.05) is 0 Å². The van der Waals surface area contributed by atoms with Gasteiger partial charge in [0, 0.05) is 19.0 Å². The van der Waals surface area contributed by atoms with E-state index in [4.69, 9.17) is 4.74 Å². The zero-order chi connectivity index (χ0) is 33.3. The van der Waals surface area contributed by atoms with Crippen LogP contribution in [0.1, 0.15) is 55.6 Å². The van der Waals surface area contributed by atoms with Crippen LogP contribution in [0.25, 0.3) is 0 Å². The van der Waals surface area contributed by atoms with E-state index in [-0.39, 0.29) is 24.5 Å². The number of ether oxygens (including phenoxy) is 2. The number of unbranched alkanes of at least 4 members (excludes halogenated alkanes) is 1. The summed E-state index contributed by atoms with van der Waals surface area (Å²) >= 11 is 1.27. The summed E-state index contributed by atoms with van der Waals surface area (Å²) in [5.41, 5.74) is 0.943. The average molecular weight is 663 g/mol. The number of benzene rings is 1. The molecule has 13 nitrogen and oxygen atoms in total. The van der Waals surface area contributed by atoms with Crippen molar-refractivity contribution in [1.82, 2.24) is 29.9 Å². The predicted octanol–water partition coefficient (Wildman–Crippen LogP) is 4.93. The van der Waals surface area contributed by atoms with Gasteiger partial charge in [0.2, 0.25) is 11.0 Å². The first-order valence-corrected chi connectivity index (χ1v) is 15.0. The Kier molecular flexibility index (Phi) is 11.2. The zero-order valence-corrected chi connectivity index (χ0v) is 26.1. The quantitative estimate of drug-likeness (QED) is 0.131. The molecule has 3 aromatic heterocycles. The van der Waals surface area contributed by atoms with Crippen molar-refractivity contribution in [3.63, 3.8) is 0 Å². The Bertz CT molecular complexity index is 1610. The summed E-state index contributed by atoms with van der Waals surface area (Å²) in [7, 11) is 0. The smallest absolute Gasteiger partial charge is 0.443 e. The van der Waals surface area contributed by atoms with Gasteiger partial charge < -0.3 is 25.2 Å². The molecule has 3 heterocycles. The Balaban J connectivity index is 1.14. The fourth-order valence-corrected chi connectivity index (χ4v) is 4.87. The molecule has 4 rings (SSSR count). The summed E-state index contributed by atoms with van der Waals surface area (Å²) in [5, 5.41) is 33.3. The molecule has 17 heteroatoms. The minimum Gasteiger partial charge on any atom is -0.443 e. The number of halogens is 3. The normalized spacial score (nSPS) is 12.4. The van der Waals surface area contributed by atoms with Crippen molar-refractivity contribution in [2.75, 3.05) is 10.6 Å². The van der Waals surface area contributed by atoms with E-state index >= 15 is 0 Å². The van der Waals surface area contributed by atoms with Crippen molar-refractivity contribution < 1.29 is 37.3 Å². The van der Waals surface area contributed by atoms with Crippen LogP contribution in [0.4, 0.5) is 28.9 Å². The number of carbonyl (C=O) groups excluding carboxylic acids is 2. The van der Waals surface area contributed by atoms with Crippen LogP contribution < -0.4 is 15.4 Å². The van der Waals surface area contributed by atoms with Crippen LogP contribution >= 0.6 is 11.3 Å². The molecule has 0 fully saturated rings. The molecule has 1 aromatic carbocycles. The minimum absolute atomic E-state index is 0.0245. The maximum absolute atomic E-state index is 12.4. The van der Waals surface area contributed by atoms with Gasteiger partial charge in [0.05, 0.1) is 17.8 Å². The second-order valence-corrected chi connectivity index (χ2v) is 12.2. The monoisotopic (exact) mass is 662 g/mol. The first-order chi connectivity index (χ1) is 21.7. The Morgan fingerprint density at radius 2 is 1.80 bits per heavy atom. The van der Waals surface area contributed by atoms with Gasteiger partial charge in [-0.2, -0.15) is 5.10 Å². The van der Waals surface area contributed by atoms with Crippen molar-refractivity contribution >= 4 is 34.3 Å². The second-order valence-electron chi connectivity index (χ2n) is 11.2. The molecule has 1 atom stereocenters. The Labute approximate surface area is 266 Å². The third kappa shape index (κ3) is 11.7. The topological polar surface area (TPSA) is 166 Å². The number of amides is 1. The number of anilines is 2. The summed E-state index contributed by atoms with van der Waals surface area (Å²) in [4.78, 5) is 28.6. The molecule has 0 radical (unpaired) electrons. The van der Waals surface area contributed by atoms with Gasteiger partial charge in [-0.05, 0) is 69.9 Å². The molecule has 1 unspecified atom stereocenters. The van der Waals surface area contributed by atoms with Gasteiger partial charge in [-0.1, -0.05) is 23.5 Å². The number of alkyl halides is 3. The number of nitrogens with zero attached hydrogens (tertiary/aromatic N) is 6. The summed E-state index contributed by atoms with van der Waals surface area (Å²) < 4.78 is 47.7. The highest BCUT2D eigenvalue weighted by Gasteiger charge is 2.31. The van der Waals surface area contributed by atoms with Gasteiger partial charge in [-0.3, -0.25) is 4.79 Å². The van der Waals surface area contributed by atoms with E-state index < -0.39 is 24.3 Å². The fourth-order valence-electron chi connectivity index (χ4n) is 4.07. The average Bonchev–Trinajstić information content (AvgIpc) is 3.60. The number of aliphatic hydroxyl groups excluding tert-OH is 1. The molecule has 1 amide bonds. The van der Waals surface area contributed by atoms with Crippen LogP contribution in [-0.2, 0) is 35.2 Å². The molecule has 3 N–H and O–H groups in total. The molecule has 0 aliphatic heterocycles. The van der Waals surface area contributed by atoms with E-state index in [2.05, 4.69) is 40.7 Å². The number of hydrogen-bond donors (Lipinski definition) is 3. The molecular formula is C29H33F3N8O5S. The van der Waals surface area contributed by atoms with E-state index in [0.717, 1.165) is 23.5 Å². The van der Waals surface area contributed by atoms with Crippen LogP contribution in [0.3, 0.4) is 0 Å². The lowest BCUT2D eigenvalue weighted by Crippen LogP contribution is -2.26. The standard InChI is InChI=1S/C29H33F3N8O5S/c1-28(2,3)45-27(43)40-16-20(33-17-40)15-24(42)35-26-39-38-25(46-26)10-5-4-8-19-11-12-22(37-36-19)34-23(41)14-18-7-6-9-21(13-18)44-29(30,31)32/h6-7,9,11-13,16-17,23,41H,4-5,8,10,14-15H2,1-3H3,(H,34,37)(H,35,39,42). The third-order valence-corrected chi connectivity index (χ3v) is 6.86. The van der Waals surface area contributed by atoms with E-state index in [0.29, 0.717) is 35.0 Å². The molecule has 46 heavy (non-hydrogen) atoms. The number of aromatic nitrogens is 6. The number of hydrogen-bond acceptors (Lipinski definition) is 12. The highest BCUT2D eigenvalue weighted by molar-refractivity contribution is 7.15. The number of carbonyl (C=O) groups is 2. The Hall–Kier alpha value is -4.64. The van der Waals surface area contributed by atoms with E-state index in [9.17, 15) is 27.9 Å². The van der Waals surface area contributed by atoms with Gasteiger partial charge in [-0.25, -0.2) is 14.3 Å². The molecule has 0 saturated carbocycles. The number of aryl methyl sites for hydroxylation is 2. The van der Waals surface area contributed by atoms with Gasteiger partial charge in [0.15, 0.2) is 5.82 Å². The fraction of sp³-hybridized carbons (Fsp3) is 0.414. The van der Waals surface area contributed by atoms with Crippen LogP contribution in [0, 0.1) is 0 Å². The van der Waals surface area contributed by atoms with Gasteiger partial charge in [-0.15, -0.1) is 28.5 Å². The molecule has 0 saturated heterocycles. The maximum Gasteiger partial charge on any atom is 0.573 e. The molecule has 0 aliphatic carbocycles. The van der Waals surface area contributed by atoms with Crippen molar-refractivity contribution in [1.29, 1.82) is 0 Å². The van der Waals surface area contributed by atoms with Crippen molar-refractivity contribution in [2.45, 2.75) is 77.5 Å². The predicted molar refractivity (Wildman–Crippen MR) is 161 cm³/mol. The summed E-state index contributed by atoms with van der Waals surface area (Å²) in [5.74, 6) is -0.386. The van der Waals surface area contributed by atoms with E-state index in [1.165, 1.54) is 46.6 Å². The van der Waals surface area contributed by atoms with Gasteiger partial charge in [0.25, 0.3) is 0 Å². The van der Waals surface area contributed by atoms with E-state index in [1.54, 1.807) is 39.0 Å². The summed E-state index contributed by atoms with van der Waals surface area (Å²) in [6.07, 6.45) is -0.867. The van der Waals surface area contributed by atoms with Crippen LogP contribution in [0.2, 0.25) is 0 Å². The lowest BCUT2D eigenvalue weighted by atomic mass is 10.1. The van der Waals surface area contributed by atoms with Crippen molar-refractivity contribution in [3.05, 3.63) is 70.9 Å². The Morgan fingerprint density at radius 3 is 2.52 bits per heavy atom. The summed E-state index contributed by atoms with van der Waals surface area (Å²) in [6.45, 7) is 5.27.